The zero-order valence-electron chi connectivity index (χ0n) is 18.7. The number of carbonyl (C=O) groups is 1. The van der Waals surface area contributed by atoms with E-state index in [9.17, 15) is 30.8 Å². The number of halogens is 6. The molecule has 1 aliphatic heterocycles. The van der Waals surface area contributed by atoms with E-state index in [0.29, 0.717) is 10.8 Å². The number of amides is 1. The zero-order valence-corrected chi connectivity index (χ0v) is 21.8. The van der Waals surface area contributed by atoms with Gasteiger partial charge in [0.2, 0.25) is 5.91 Å². The van der Waals surface area contributed by atoms with Crippen LogP contribution < -0.4 is 10.1 Å². The first-order valence-electron chi connectivity index (χ1n) is 10.7. The molecule has 1 fully saturated rings. The molecule has 0 aliphatic carbocycles. The highest BCUT2D eigenvalue weighted by Gasteiger charge is 2.40. The lowest BCUT2D eigenvalue weighted by Gasteiger charge is -2.23. The molecule has 14 heteroatoms. The first-order chi connectivity index (χ1) is 17.4. The van der Waals surface area contributed by atoms with Crippen LogP contribution in [-0.2, 0) is 27.5 Å². The van der Waals surface area contributed by atoms with Gasteiger partial charge in [0.05, 0.1) is 14.9 Å². The molecular weight excluding hydrogens is 579 g/mol. The maximum absolute atomic E-state index is 14.5. The van der Waals surface area contributed by atoms with Crippen molar-refractivity contribution in [3.63, 3.8) is 0 Å². The fourth-order valence-corrected chi connectivity index (χ4v) is 7.32. The molecule has 3 aromatic rings. The predicted octanol–water partition coefficient (Wildman–Crippen LogP) is 6.47. The maximum Gasteiger partial charge on any atom is 0.416 e. The average Bonchev–Trinajstić information content (AvgIpc) is 3.51. The van der Waals surface area contributed by atoms with Crippen LogP contribution in [0.3, 0.4) is 0 Å². The van der Waals surface area contributed by atoms with Gasteiger partial charge in [-0.1, -0.05) is 23.2 Å². The zero-order chi connectivity index (χ0) is 27.0. The van der Waals surface area contributed by atoms with Gasteiger partial charge < -0.3 is 10.1 Å². The Labute approximate surface area is 223 Å². The van der Waals surface area contributed by atoms with Crippen LogP contribution in [0.15, 0.2) is 52.7 Å². The molecule has 1 N–H and O–H groups in total. The standard InChI is InChI=1S/C23H18Cl2F4N2O4S2/c24-19-9-10-20(36-19)37(33,34)31-11-1-2-17(31)22(32)30-12-15-16(26)7-8-18(21(15)25)35-14-5-3-13(4-6-14)23(27,28)29/h3-10,17H,1-2,11-12H2,(H,30,32)/t17-/m0/s1. The van der Waals surface area contributed by atoms with Crippen molar-refractivity contribution in [2.75, 3.05) is 6.54 Å². The summed E-state index contributed by atoms with van der Waals surface area (Å²) >= 11 is 13.0. The molecule has 0 spiro atoms. The third kappa shape index (κ3) is 6.04. The summed E-state index contributed by atoms with van der Waals surface area (Å²) in [4.78, 5) is 12.9. The molecule has 198 valence electrons. The third-order valence-corrected chi connectivity index (χ3v) is 9.64. The van der Waals surface area contributed by atoms with E-state index in [0.717, 1.165) is 46.0 Å². The van der Waals surface area contributed by atoms with E-state index in [1.807, 2.05) is 0 Å². The predicted molar refractivity (Wildman–Crippen MR) is 131 cm³/mol. The van der Waals surface area contributed by atoms with Crippen molar-refractivity contribution < 1.29 is 35.5 Å². The number of thiophene rings is 1. The molecule has 2 aromatic carbocycles. The SMILES string of the molecule is O=C(NCc1c(F)ccc(Oc2ccc(C(F)(F)F)cc2)c1Cl)[C@@H]1CCCN1S(=O)(=O)c1ccc(Cl)s1. The third-order valence-electron chi connectivity index (χ3n) is 5.62. The van der Waals surface area contributed by atoms with Crippen molar-refractivity contribution in [2.24, 2.45) is 0 Å². The number of rotatable bonds is 7. The molecule has 2 heterocycles. The van der Waals surface area contributed by atoms with Gasteiger partial charge in [-0.05, 0) is 61.4 Å². The Bertz CT molecular complexity index is 1410. The number of hydrogen-bond acceptors (Lipinski definition) is 5. The molecule has 0 bridgehead atoms. The van der Waals surface area contributed by atoms with E-state index in [1.54, 1.807) is 0 Å². The minimum atomic E-state index is -4.51. The van der Waals surface area contributed by atoms with Gasteiger partial charge in [-0.2, -0.15) is 17.5 Å². The summed E-state index contributed by atoms with van der Waals surface area (Å²) in [5.74, 6) is -1.38. The number of hydrogen-bond donors (Lipinski definition) is 1. The lowest BCUT2D eigenvalue weighted by Crippen LogP contribution is -2.45. The van der Waals surface area contributed by atoms with Gasteiger partial charge in [0.25, 0.3) is 10.0 Å². The van der Waals surface area contributed by atoms with Gasteiger partial charge >= 0.3 is 6.18 Å². The number of nitrogens with one attached hydrogen (secondary N) is 1. The van der Waals surface area contributed by atoms with Crippen molar-refractivity contribution in [1.82, 2.24) is 9.62 Å². The van der Waals surface area contributed by atoms with Crippen molar-refractivity contribution in [2.45, 2.75) is 35.8 Å². The highest BCUT2D eigenvalue weighted by atomic mass is 35.5. The second-order valence-electron chi connectivity index (χ2n) is 8.01. The Morgan fingerprint density at radius 2 is 1.81 bits per heavy atom. The summed E-state index contributed by atoms with van der Waals surface area (Å²) in [6, 6.07) is 7.93. The van der Waals surface area contributed by atoms with Crippen LogP contribution in [0.25, 0.3) is 0 Å². The Hall–Kier alpha value is -2.38. The minimum Gasteiger partial charge on any atom is -0.456 e. The Morgan fingerprint density at radius 1 is 1.11 bits per heavy atom. The molecular formula is C23H18Cl2F4N2O4S2. The van der Waals surface area contributed by atoms with E-state index in [1.165, 1.54) is 18.2 Å². The van der Waals surface area contributed by atoms with E-state index < -0.39 is 39.5 Å². The smallest absolute Gasteiger partial charge is 0.416 e. The monoisotopic (exact) mass is 596 g/mol. The normalized spacial score (nSPS) is 16.6. The molecule has 1 aromatic heterocycles. The van der Waals surface area contributed by atoms with Gasteiger partial charge in [-0.25, -0.2) is 12.8 Å². The van der Waals surface area contributed by atoms with Crippen LogP contribution in [0.2, 0.25) is 9.36 Å². The number of benzene rings is 2. The fraction of sp³-hybridized carbons (Fsp3) is 0.261. The number of sulfonamides is 1. The second-order valence-corrected chi connectivity index (χ2v) is 12.2. The molecule has 1 atom stereocenters. The molecule has 37 heavy (non-hydrogen) atoms. The van der Waals surface area contributed by atoms with Crippen LogP contribution in [-0.4, -0.2) is 31.2 Å². The highest BCUT2D eigenvalue weighted by Crippen LogP contribution is 2.36. The van der Waals surface area contributed by atoms with Crippen molar-refractivity contribution >= 4 is 50.5 Å². The van der Waals surface area contributed by atoms with Gasteiger partial charge in [-0.15, -0.1) is 11.3 Å². The highest BCUT2D eigenvalue weighted by molar-refractivity contribution is 7.91. The fourth-order valence-electron chi connectivity index (χ4n) is 3.79. The summed E-state index contributed by atoms with van der Waals surface area (Å²) in [5, 5.41) is 2.33. The van der Waals surface area contributed by atoms with Crippen molar-refractivity contribution in [3.8, 4) is 11.5 Å². The number of alkyl halides is 3. The van der Waals surface area contributed by atoms with Gasteiger partial charge in [-0.3, -0.25) is 4.79 Å². The Morgan fingerprint density at radius 3 is 2.43 bits per heavy atom. The average molecular weight is 597 g/mol. The quantitative estimate of drug-likeness (QED) is 0.317. The van der Waals surface area contributed by atoms with Crippen LogP contribution >= 0.6 is 34.5 Å². The lowest BCUT2D eigenvalue weighted by molar-refractivity contribution is -0.137. The Kier molecular flexibility index (Phi) is 8.05. The van der Waals surface area contributed by atoms with E-state index in [-0.39, 0.29) is 45.8 Å². The molecule has 0 saturated carbocycles. The number of carbonyl (C=O) groups excluding carboxylic acids is 1. The van der Waals surface area contributed by atoms with Crippen LogP contribution in [0.4, 0.5) is 17.6 Å². The van der Waals surface area contributed by atoms with Crippen molar-refractivity contribution in [3.05, 3.63) is 74.8 Å². The largest absolute Gasteiger partial charge is 0.456 e. The summed E-state index contributed by atoms with van der Waals surface area (Å²) in [6.07, 6.45) is -3.78. The van der Waals surface area contributed by atoms with E-state index in [4.69, 9.17) is 27.9 Å². The summed E-state index contributed by atoms with van der Waals surface area (Å²) in [7, 11) is -3.95. The molecule has 0 radical (unpaired) electrons. The van der Waals surface area contributed by atoms with Crippen LogP contribution in [0.5, 0.6) is 11.5 Å². The van der Waals surface area contributed by atoms with Crippen LogP contribution in [0.1, 0.15) is 24.0 Å². The Balaban J connectivity index is 1.47. The van der Waals surface area contributed by atoms with Gasteiger partial charge in [0.1, 0.15) is 27.6 Å². The second kappa shape index (κ2) is 10.8. The van der Waals surface area contributed by atoms with E-state index in [2.05, 4.69) is 5.32 Å². The summed E-state index contributed by atoms with van der Waals surface area (Å²) in [6.45, 7) is -0.232. The van der Waals surface area contributed by atoms with Crippen molar-refractivity contribution in [1.29, 1.82) is 0 Å². The molecule has 6 nitrogen and oxygen atoms in total. The van der Waals surface area contributed by atoms with Gasteiger partial charge in [0.15, 0.2) is 0 Å². The molecule has 1 saturated heterocycles. The first-order valence-corrected chi connectivity index (χ1v) is 13.8. The molecule has 4 rings (SSSR count). The summed E-state index contributed by atoms with van der Waals surface area (Å²) in [5.41, 5.74) is -0.990. The number of ether oxygens (including phenoxy) is 1. The number of nitrogens with zero attached hydrogens (tertiary/aromatic N) is 1. The first kappa shape index (κ1) is 27.6. The molecule has 1 amide bonds. The summed E-state index contributed by atoms with van der Waals surface area (Å²) < 4.78 is 85.7. The molecule has 0 unspecified atom stereocenters. The minimum absolute atomic E-state index is 0.0133. The lowest BCUT2D eigenvalue weighted by atomic mass is 10.1. The van der Waals surface area contributed by atoms with Crippen LogP contribution in [0, 0.1) is 5.82 Å². The topological polar surface area (TPSA) is 75.7 Å². The maximum atomic E-state index is 14.5. The molecule has 1 aliphatic rings. The van der Waals surface area contributed by atoms with Gasteiger partial charge in [0, 0.05) is 18.7 Å². The van der Waals surface area contributed by atoms with E-state index >= 15 is 0 Å².